The third-order valence-corrected chi connectivity index (χ3v) is 3.88. The van der Waals surface area contributed by atoms with E-state index in [0.29, 0.717) is 5.56 Å². The molecule has 0 aliphatic rings. The minimum Gasteiger partial charge on any atom is -0.268 e. The van der Waals surface area contributed by atoms with Gasteiger partial charge in [-0.15, -0.1) is 0 Å². The summed E-state index contributed by atoms with van der Waals surface area (Å²) in [6, 6.07) is 6.72. The van der Waals surface area contributed by atoms with E-state index < -0.39 is 21.2 Å². The topological polar surface area (TPSA) is 63.2 Å². The van der Waals surface area contributed by atoms with Crippen molar-refractivity contribution in [1.29, 1.82) is 0 Å². The van der Waals surface area contributed by atoms with Crippen LogP contribution in [0.3, 0.4) is 0 Å². The summed E-state index contributed by atoms with van der Waals surface area (Å²) in [4.78, 5) is 11.6. The van der Waals surface area contributed by atoms with Crippen LogP contribution in [0.1, 0.15) is 29.8 Å². The number of amides is 1. The maximum Gasteiger partial charge on any atom is 0.264 e. The second-order valence-corrected chi connectivity index (χ2v) is 6.13. The Hall–Kier alpha value is -1.36. The van der Waals surface area contributed by atoms with Crippen molar-refractivity contribution in [3.8, 4) is 0 Å². The number of nitrogens with one attached hydrogen (secondary N) is 1. The first kappa shape index (κ1) is 12.7. The lowest BCUT2D eigenvalue weighted by molar-refractivity contribution is 0.0981. The Labute approximate surface area is 95.7 Å². The molecule has 1 aromatic carbocycles. The molecule has 1 amide bonds. The fourth-order valence-corrected chi connectivity index (χ4v) is 1.62. The Balaban J connectivity index is 2.85. The van der Waals surface area contributed by atoms with Crippen molar-refractivity contribution < 1.29 is 13.2 Å². The van der Waals surface area contributed by atoms with Crippen LogP contribution in [0.15, 0.2) is 24.3 Å². The first-order chi connectivity index (χ1) is 7.33. The van der Waals surface area contributed by atoms with Gasteiger partial charge in [-0.25, -0.2) is 13.1 Å². The molecule has 0 heterocycles. The van der Waals surface area contributed by atoms with Gasteiger partial charge in [0, 0.05) is 5.56 Å². The highest BCUT2D eigenvalue weighted by Crippen LogP contribution is 2.04. The van der Waals surface area contributed by atoms with Gasteiger partial charge in [0.15, 0.2) is 0 Å². The Morgan fingerprint density at radius 1 is 1.19 bits per heavy atom. The van der Waals surface area contributed by atoms with Gasteiger partial charge in [-0.05, 0) is 32.9 Å². The standard InChI is InChI=1S/C11H15NO3S/c1-8(2)16(14,15)12-11(13)10-6-4-9(3)5-7-10/h4-8H,1-3H3,(H,12,13). The largest absolute Gasteiger partial charge is 0.268 e. The molecule has 0 aliphatic heterocycles. The summed E-state index contributed by atoms with van der Waals surface area (Å²) in [7, 11) is -3.56. The molecular formula is C11H15NO3S. The molecule has 88 valence electrons. The summed E-state index contributed by atoms with van der Waals surface area (Å²) >= 11 is 0. The molecule has 4 nitrogen and oxygen atoms in total. The molecule has 0 saturated heterocycles. The average molecular weight is 241 g/mol. The molecule has 1 aromatic rings. The summed E-state index contributed by atoms with van der Waals surface area (Å²) in [5.74, 6) is -0.589. The van der Waals surface area contributed by atoms with Gasteiger partial charge < -0.3 is 0 Å². The average Bonchev–Trinajstić information content (AvgIpc) is 2.17. The van der Waals surface area contributed by atoms with Gasteiger partial charge in [0.05, 0.1) is 5.25 Å². The predicted molar refractivity (Wildman–Crippen MR) is 62.7 cm³/mol. The first-order valence-electron chi connectivity index (χ1n) is 4.95. The van der Waals surface area contributed by atoms with Crippen molar-refractivity contribution in [1.82, 2.24) is 4.72 Å². The minimum absolute atomic E-state index is 0.342. The van der Waals surface area contributed by atoms with Crippen LogP contribution in [-0.4, -0.2) is 19.6 Å². The molecule has 5 heteroatoms. The summed E-state index contributed by atoms with van der Waals surface area (Å²) in [6.45, 7) is 4.93. The zero-order valence-corrected chi connectivity index (χ0v) is 10.3. The van der Waals surface area contributed by atoms with E-state index in [0.717, 1.165) is 5.56 Å². The number of carbonyl (C=O) groups is 1. The van der Waals surface area contributed by atoms with E-state index in [2.05, 4.69) is 0 Å². The van der Waals surface area contributed by atoms with Gasteiger partial charge in [-0.2, -0.15) is 0 Å². The highest BCUT2D eigenvalue weighted by Gasteiger charge is 2.19. The second-order valence-electron chi connectivity index (χ2n) is 3.89. The summed E-state index contributed by atoms with van der Waals surface area (Å²) in [5.41, 5.74) is 1.36. The van der Waals surface area contributed by atoms with Crippen molar-refractivity contribution in [2.45, 2.75) is 26.0 Å². The number of aryl methyl sites for hydroxylation is 1. The first-order valence-corrected chi connectivity index (χ1v) is 6.50. The van der Waals surface area contributed by atoms with Crippen LogP contribution in [0.25, 0.3) is 0 Å². The van der Waals surface area contributed by atoms with Gasteiger partial charge in [0.1, 0.15) is 0 Å². The Morgan fingerprint density at radius 3 is 2.12 bits per heavy atom. The lowest BCUT2D eigenvalue weighted by Crippen LogP contribution is -2.35. The molecule has 0 unspecified atom stereocenters. The quantitative estimate of drug-likeness (QED) is 0.871. The molecule has 0 fully saturated rings. The molecule has 1 N–H and O–H groups in total. The van der Waals surface area contributed by atoms with Crippen LogP contribution in [0, 0.1) is 6.92 Å². The third-order valence-electron chi connectivity index (χ3n) is 2.17. The zero-order valence-electron chi connectivity index (χ0n) is 9.52. The van der Waals surface area contributed by atoms with Gasteiger partial charge in [0.25, 0.3) is 5.91 Å². The van der Waals surface area contributed by atoms with Gasteiger partial charge in [0.2, 0.25) is 10.0 Å². The van der Waals surface area contributed by atoms with Gasteiger partial charge in [-0.1, -0.05) is 17.7 Å². The Morgan fingerprint density at radius 2 is 1.69 bits per heavy atom. The molecular weight excluding hydrogens is 226 g/mol. The van der Waals surface area contributed by atoms with Crippen molar-refractivity contribution in [2.24, 2.45) is 0 Å². The lowest BCUT2D eigenvalue weighted by atomic mass is 10.1. The minimum atomic E-state index is -3.56. The van der Waals surface area contributed by atoms with Crippen LogP contribution in [0.2, 0.25) is 0 Å². The Kier molecular flexibility index (Phi) is 3.70. The molecule has 0 atom stereocenters. The SMILES string of the molecule is Cc1ccc(C(=O)NS(=O)(=O)C(C)C)cc1. The third kappa shape index (κ3) is 3.06. The zero-order chi connectivity index (χ0) is 12.3. The van der Waals surface area contributed by atoms with E-state index in [4.69, 9.17) is 0 Å². The highest BCUT2D eigenvalue weighted by molar-refractivity contribution is 7.90. The predicted octanol–water partition coefficient (Wildman–Crippen LogP) is 1.46. The smallest absolute Gasteiger partial charge is 0.264 e. The molecule has 0 aliphatic carbocycles. The maximum atomic E-state index is 11.6. The van der Waals surface area contributed by atoms with E-state index in [1.54, 1.807) is 24.3 Å². The van der Waals surface area contributed by atoms with Crippen LogP contribution in [0.4, 0.5) is 0 Å². The molecule has 0 saturated carbocycles. The molecule has 0 radical (unpaired) electrons. The van der Waals surface area contributed by atoms with E-state index in [1.165, 1.54) is 13.8 Å². The normalized spacial score (nSPS) is 11.5. The monoisotopic (exact) mass is 241 g/mol. The number of benzene rings is 1. The van der Waals surface area contributed by atoms with Crippen LogP contribution < -0.4 is 4.72 Å². The molecule has 0 spiro atoms. The summed E-state index contributed by atoms with van der Waals surface area (Å²) < 4.78 is 24.9. The van der Waals surface area contributed by atoms with Crippen molar-refractivity contribution in [3.63, 3.8) is 0 Å². The van der Waals surface area contributed by atoms with E-state index in [9.17, 15) is 13.2 Å². The van der Waals surface area contributed by atoms with Gasteiger partial charge >= 0.3 is 0 Å². The fourth-order valence-electron chi connectivity index (χ4n) is 1.01. The van der Waals surface area contributed by atoms with Crippen molar-refractivity contribution in [2.75, 3.05) is 0 Å². The molecule has 1 rings (SSSR count). The summed E-state index contributed by atoms with van der Waals surface area (Å²) in [6.07, 6.45) is 0. The maximum absolute atomic E-state index is 11.6. The number of rotatable bonds is 3. The highest BCUT2D eigenvalue weighted by atomic mass is 32.2. The van der Waals surface area contributed by atoms with Crippen molar-refractivity contribution in [3.05, 3.63) is 35.4 Å². The van der Waals surface area contributed by atoms with Crippen LogP contribution >= 0.6 is 0 Å². The number of hydrogen-bond acceptors (Lipinski definition) is 3. The Bertz CT molecular complexity index is 474. The van der Waals surface area contributed by atoms with E-state index in [1.807, 2.05) is 11.6 Å². The van der Waals surface area contributed by atoms with E-state index in [-0.39, 0.29) is 0 Å². The number of sulfonamides is 1. The number of carbonyl (C=O) groups excluding carboxylic acids is 1. The molecule has 16 heavy (non-hydrogen) atoms. The summed E-state index contributed by atoms with van der Waals surface area (Å²) in [5, 5.41) is -0.623. The van der Waals surface area contributed by atoms with Crippen LogP contribution in [0.5, 0.6) is 0 Å². The second kappa shape index (κ2) is 4.65. The molecule has 0 aromatic heterocycles. The van der Waals surface area contributed by atoms with Gasteiger partial charge in [-0.3, -0.25) is 4.79 Å². The lowest BCUT2D eigenvalue weighted by Gasteiger charge is -2.09. The van der Waals surface area contributed by atoms with E-state index >= 15 is 0 Å². The fraction of sp³-hybridized carbons (Fsp3) is 0.364. The number of hydrogen-bond donors (Lipinski definition) is 1. The van der Waals surface area contributed by atoms with Crippen molar-refractivity contribution >= 4 is 15.9 Å². The van der Waals surface area contributed by atoms with Crippen LogP contribution in [-0.2, 0) is 10.0 Å². The molecule has 0 bridgehead atoms.